The van der Waals surface area contributed by atoms with E-state index in [-0.39, 0.29) is 5.97 Å². The first-order valence-electron chi connectivity index (χ1n) is 2.68. The van der Waals surface area contributed by atoms with E-state index >= 15 is 0 Å². The zero-order chi connectivity index (χ0) is 8.43. The standard InChI is InChI=1S/C6H4Br2O2S/c1-10-6(9)5-3(7)2-4(8)11-5/h2H,1H3. The van der Waals surface area contributed by atoms with Crippen molar-refractivity contribution in [2.45, 2.75) is 0 Å². The van der Waals surface area contributed by atoms with Crippen LogP contribution >= 0.6 is 43.2 Å². The van der Waals surface area contributed by atoms with Crippen LogP contribution in [0, 0.1) is 0 Å². The van der Waals surface area contributed by atoms with E-state index in [1.807, 2.05) is 6.07 Å². The van der Waals surface area contributed by atoms with E-state index in [1.165, 1.54) is 18.4 Å². The Hall–Kier alpha value is 0.130. The maximum atomic E-state index is 11.0. The molecule has 0 fully saturated rings. The Kier molecular flexibility index (Phi) is 3.09. The molecule has 0 aliphatic rings. The van der Waals surface area contributed by atoms with Gasteiger partial charge in [0.25, 0.3) is 0 Å². The van der Waals surface area contributed by atoms with Gasteiger partial charge in [-0.3, -0.25) is 0 Å². The highest BCUT2D eigenvalue weighted by Crippen LogP contribution is 2.31. The van der Waals surface area contributed by atoms with Crippen molar-refractivity contribution < 1.29 is 9.53 Å². The van der Waals surface area contributed by atoms with Crippen LogP contribution in [0.2, 0.25) is 0 Å². The molecule has 0 unspecified atom stereocenters. The second-order valence-corrected chi connectivity index (χ2v) is 5.00. The van der Waals surface area contributed by atoms with Gasteiger partial charge in [0.05, 0.1) is 10.9 Å². The van der Waals surface area contributed by atoms with Crippen molar-refractivity contribution in [1.29, 1.82) is 0 Å². The second-order valence-electron chi connectivity index (χ2n) is 1.72. The minimum absolute atomic E-state index is 0.312. The van der Waals surface area contributed by atoms with Gasteiger partial charge in [-0.05, 0) is 37.9 Å². The van der Waals surface area contributed by atoms with Crippen molar-refractivity contribution in [1.82, 2.24) is 0 Å². The summed E-state index contributed by atoms with van der Waals surface area (Å²) in [5, 5.41) is 0. The van der Waals surface area contributed by atoms with E-state index in [0.717, 1.165) is 8.26 Å². The molecule has 0 amide bonds. The van der Waals surface area contributed by atoms with Gasteiger partial charge in [-0.1, -0.05) is 0 Å². The van der Waals surface area contributed by atoms with Crippen LogP contribution in [0.15, 0.2) is 14.3 Å². The molecule has 2 nitrogen and oxygen atoms in total. The molecule has 0 radical (unpaired) electrons. The van der Waals surface area contributed by atoms with Gasteiger partial charge in [-0.25, -0.2) is 4.79 Å². The number of methoxy groups -OCH3 is 1. The number of ether oxygens (including phenoxy) is 1. The Labute approximate surface area is 84.8 Å². The molecule has 0 saturated heterocycles. The molecule has 1 rings (SSSR count). The van der Waals surface area contributed by atoms with Crippen LogP contribution < -0.4 is 0 Å². The summed E-state index contributed by atoms with van der Waals surface area (Å²) in [6, 6.07) is 1.82. The summed E-state index contributed by atoms with van der Waals surface area (Å²) in [6.45, 7) is 0. The van der Waals surface area contributed by atoms with Crippen molar-refractivity contribution in [2.75, 3.05) is 7.11 Å². The van der Waals surface area contributed by atoms with Crippen LogP contribution in [-0.2, 0) is 4.74 Å². The number of hydrogen-bond donors (Lipinski definition) is 0. The molecule has 0 aliphatic heterocycles. The Morgan fingerprint density at radius 1 is 1.64 bits per heavy atom. The van der Waals surface area contributed by atoms with Crippen molar-refractivity contribution in [3.63, 3.8) is 0 Å². The van der Waals surface area contributed by atoms with Crippen molar-refractivity contribution in [3.05, 3.63) is 19.2 Å². The molecule has 0 bridgehead atoms. The van der Waals surface area contributed by atoms with Crippen molar-refractivity contribution in [3.8, 4) is 0 Å². The van der Waals surface area contributed by atoms with Crippen LogP contribution in [0.4, 0.5) is 0 Å². The van der Waals surface area contributed by atoms with E-state index in [2.05, 4.69) is 36.6 Å². The average molecular weight is 300 g/mol. The van der Waals surface area contributed by atoms with Crippen LogP contribution in [0.25, 0.3) is 0 Å². The zero-order valence-corrected chi connectivity index (χ0v) is 9.55. The Balaban J connectivity index is 3.03. The number of halogens is 2. The number of thiophene rings is 1. The minimum atomic E-state index is -0.312. The van der Waals surface area contributed by atoms with Crippen molar-refractivity contribution >= 4 is 49.2 Å². The van der Waals surface area contributed by atoms with Crippen molar-refractivity contribution in [2.24, 2.45) is 0 Å². The lowest BCUT2D eigenvalue weighted by Crippen LogP contribution is -1.97. The predicted molar refractivity (Wildman–Crippen MR) is 51.1 cm³/mol. The van der Waals surface area contributed by atoms with Crippen LogP contribution in [0.1, 0.15) is 9.67 Å². The molecule has 0 aliphatic carbocycles. The largest absolute Gasteiger partial charge is 0.465 e. The van der Waals surface area contributed by atoms with Crippen LogP contribution in [-0.4, -0.2) is 13.1 Å². The SMILES string of the molecule is COC(=O)c1sc(Br)cc1Br. The summed E-state index contributed by atoms with van der Waals surface area (Å²) in [7, 11) is 1.36. The van der Waals surface area contributed by atoms with Crippen LogP contribution in [0.3, 0.4) is 0 Å². The molecule has 60 valence electrons. The number of rotatable bonds is 1. The lowest BCUT2D eigenvalue weighted by molar-refractivity contribution is 0.0605. The molecule has 0 saturated carbocycles. The summed E-state index contributed by atoms with van der Waals surface area (Å²) >= 11 is 7.84. The third-order valence-electron chi connectivity index (χ3n) is 1.03. The Morgan fingerprint density at radius 3 is 2.64 bits per heavy atom. The Bertz CT molecular complexity index is 282. The molecule has 1 aromatic rings. The van der Waals surface area contributed by atoms with E-state index in [1.54, 1.807) is 0 Å². The second kappa shape index (κ2) is 3.69. The molecule has 0 atom stereocenters. The number of esters is 1. The third kappa shape index (κ3) is 2.04. The summed E-state index contributed by atoms with van der Waals surface area (Å²) in [5.41, 5.74) is 0. The average Bonchev–Trinajstić information content (AvgIpc) is 2.28. The summed E-state index contributed by atoms with van der Waals surface area (Å²) in [6.07, 6.45) is 0. The van der Waals surface area contributed by atoms with Gasteiger partial charge in [-0.2, -0.15) is 0 Å². The Morgan fingerprint density at radius 2 is 2.27 bits per heavy atom. The molecule has 0 aromatic carbocycles. The first kappa shape index (κ1) is 9.22. The van der Waals surface area contributed by atoms with Gasteiger partial charge >= 0.3 is 5.97 Å². The van der Waals surface area contributed by atoms with Crippen LogP contribution in [0.5, 0.6) is 0 Å². The summed E-state index contributed by atoms with van der Waals surface area (Å²) in [5.74, 6) is -0.312. The van der Waals surface area contributed by atoms with Gasteiger partial charge in [0.15, 0.2) is 0 Å². The number of carbonyl (C=O) groups is 1. The maximum Gasteiger partial charge on any atom is 0.349 e. The lowest BCUT2D eigenvalue weighted by Gasteiger charge is -1.93. The van der Waals surface area contributed by atoms with E-state index in [4.69, 9.17) is 0 Å². The van der Waals surface area contributed by atoms with Gasteiger partial charge in [-0.15, -0.1) is 11.3 Å². The summed E-state index contributed by atoms with van der Waals surface area (Å²) in [4.78, 5) is 11.6. The van der Waals surface area contributed by atoms with Gasteiger partial charge in [0, 0.05) is 4.47 Å². The highest BCUT2D eigenvalue weighted by Gasteiger charge is 2.13. The number of carbonyl (C=O) groups excluding carboxylic acids is 1. The highest BCUT2D eigenvalue weighted by atomic mass is 79.9. The topological polar surface area (TPSA) is 26.3 Å². The molecular weight excluding hydrogens is 296 g/mol. The molecule has 11 heavy (non-hydrogen) atoms. The van der Waals surface area contributed by atoms with E-state index in [0.29, 0.717) is 4.88 Å². The molecule has 1 heterocycles. The maximum absolute atomic E-state index is 11.0. The van der Waals surface area contributed by atoms with Gasteiger partial charge in [0.2, 0.25) is 0 Å². The normalized spacial score (nSPS) is 9.73. The zero-order valence-electron chi connectivity index (χ0n) is 5.56. The van der Waals surface area contributed by atoms with E-state index < -0.39 is 0 Å². The molecule has 5 heteroatoms. The summed E-state index contributed by atoms with van der Waals surface area (Å²) < 4.78 is 6.22. The predicted octanol–water partition coefficient (Wildman–Crippen LogP) is 3.06. The molecule has 0 N–H and O–H groups in total. The number of hydrogen-bond acceptors (Lipinski definition) is 3. The fraction of sp³-hybridized carbons (Fsp3) is 0.167. The fourth-order valence-corrected chi connectivity index (χ4v) is 3.07. The minimum Gasteiger partial charge on any atom is -0.465 e. The first-order chi connectivity index (χ1) is 5.15. The first-order valence-corrected chi connectivity index (χ1v) is 5.08. The lowest BCUT2D eigenvalue weighted by atomic mass is 10.5. The third-order valence-corrected chi connectivity index (χ3v) is 3.53. The fourth-order valence-electron chi connectivity index (χ4n) is 0.573. The molecule has 0 spiro atoms. The smallest absolute Gasteiger partial charge is 0.349 e. The molecule has 1 aromatic heterocycles. The van der Waals surface area contributed by atoms with E-state index in [9.17, 15) is 4.79 Å². The van der Waals surface area contributed by atoms with Gasteiger partial charge in [0.1, 0.15) is 4.88 Å². The van der Waals surface area contributed by atoms with Gasteiger partial charge < -0.3 is 4.74 Å². The highest BCUT2D eigenvalue weighted by molar-refractivity contribution is 9.11. The monoisotopic (exact) mass is 298 g/mol. The molecular formula is C6H4Br2O2S. The quantitative estimate of drug-likeness (QED) is 0.745.